The number of anilines is 1. The van der Waals surface area contributed by atoms with Gasteiger partial charge in [-0.05, 0) is 71.7 Å². The number of amides is 1. The number of nitrogens with one attached hydrogen (secondary N) is 1. The maximum Gasteiger partial charge on any atom is 0.416 e. The molecule has 7 nitrogen and oxygen atoms in total. The number of hydrogen-bond acceptors (Lipinski definition) is 6. The minimum atomic E-state index is -4.58. The summed E-state index contributed by atoms with van der Waals surface area (Å²) in [5, 5.41) is 11.7. The molecule has 34 heavy (non-hydrogen) atoms. The van der Waals surface area contributed by atoms with Gasteiger partial charge < -0.3 is 19.5 Å². The molecule has 180 valence electrons. The normalized spacial score (nSPS) is 11.4. The van der Waals surface area contributed by atoms with Crippen molar-refractivity contribution in [2.75, 3.05) is 25.1 Å². The Bertz CT molecular complexity index is 1130. The van der Waals surface area contributed by atoms with Gasteiger partial charge in [-0.15, -0.1) is 0 Å². The number of benzene rings is 2. The maximum atomic E-state index is 12.9. The van der Waals surface area contributed by atoms with Crippen LogP contribution < -0.4 is 14.8 Å². The molecule has 1 N–H and O–H groups in total. The second-order valence-corrected chi connectivity index (χ2v) is 7.41. The Morgan fingerprint density at radius 3 is 2.50 bits per heavy atom. The third-order valence-corrected chi connectivity index (χ3v) is 4.68. The maximum absolute atomic E-state index is 12.9. The average molecular weight is 541 g/mol. The van der Waals surface area contributed by atoms with E-state index in [2.05, 4.69) is 21.2 Å². The zero-order valence-corrected chi connectivity index (χ0v) is 19.7. The third-order valence-electron chi connectivity index (χ3n) is 4.10. The van der Waals surface area contributed by atoms with Crippen LogP contribution in [0.4, 0.5) is 18.9 Å². The molecule has 2 rings (SSSR count). The molecule has 0 aliphatic rings. The summed E-state index contributed by atoms with van der Waals surface area (Å²) in [7, 11) is 0. The van der Waals surface area contributed by atoms with Crippen LogP contribution in [0.15, 0.2) is 46.4 Å². The minimum Gasteiger partial charge on any atom is -0.490 e. The lowest BCUT2D eigenvalue weighted by molar-refractivity contribution is -0.145. The first-order valence-electron chi connectivity index (χ1n) is 9.94. The van der Waals surface area contributed by atoms with Crippen LogP contribution in [-0.4, -0.2) is 31.7 Å². The van der Waals surface area contributed by atoms with Crippen molar-refractivity contribution < 1.29 is 37.0 Å². The number of rotatable bonds is 9. The molecule has 0 aliphatic heterocycles. The van der Waals surface area contributed by atoms with Crippen molar-refractivity contribution >= 4 is 39.6 Å². The molecule has 0 radical (unpaired) electrons. The number of nitrogens with zero attached hydrogens (tertiary/aromatic N) is 1. The van der Waals surface area contributed by atoms with Crippen LogP contribution in [0.25, 0.3) is 6.08 Å². The van der Waals surface area contributed by atoms with Crippen molar-refractivity contribution in [3.05, 3.63) is 57.6 Å². The fraction of sp³-hybridized carbons (Fsp3) is 0.261. The highest BCUT2D eigenvalue weighted by molar-refractivity contribution is 9.10. The number of carbonyl (C=O) groups excluding carboxylic acids is 2. The Morgan fingerprint density at radius 2 is 1.88 bits per heavy atom. The molecule has 0 atom stereocenters. The smallest absolute Gasteiger partial charge is 0.416 e. The molecule has 0 fully saturated rings. The lowest BCUT2D eigenvalue weighted by Gasteiger charge is -2.14. The summed E-state index contributed by atoms with van der Waals surface area (Å²) in [6.45, 7) is 3.50. The van der Waals surface area contributed by atoms with Gasteiger partial charge in [0, 0.05) is 5.69 Å². The van der Waals surface area contributed by atoms with Crippen LogP contribution >= 0.6 is 15.9 Å². The minimum absolute atomic E-state index is 0.111. The molecular weight excluding hydrogens is 521 g/mol. The summed E-state index contributed by atoms with van der Waals surface area (Å²) in [5.41, 5.74) is -1.03. The van der Waals surface area contributed by atoms with Gasteiger partial charge in [0.15, 0.2) is 18.1 Å². The first-order valence-corrected chi connectivity index (χ1v) is 10.7. The number of esters is 1. The molecule has 0 saturated heterocycles. The van der Waals surface area contributed by atoms with Gasteiger partial charge in [-0.2, -0.15) is 18.4 Å². The molecular formula is C23H20BrF3N2O5. The van der Waals surface area contributed by atoms with E-state index in [0.29, 0.717) is 10.0 Å². The molecule has 0 aromatic heterocycles. The van der Waals surface area contributed by atoms with Gasteiger partial charge in [-0.25, -0.2) is 4.79 Å². The van der Waals surface area contributed by atoms with Gasteiger partial charge in [0.05, 0.1) is 23.2 Å². The van der Waals surface area contributed by atoms with Gasteiger partial charge in [0.1, 0.15) is 11.6 Å². The number of ether oxygens (including phenoxy) is 3. The Kier molecular flexibility index (Phi) is 9.50. The Hall–Kier alpha value is -3.52. The van der Waals surface area contributed by atoms with E-state index in [0.717, 1.165) is 18.2 Å². The van der Waals surface area contributed by atoms with Crippen molar-refractivity contribution in [3.8, 4) is 17.6 Å². The van der Waals surface area contributed by atoms with Gasteiger partial charge in [0.25, 0.3) is 5.91 Å². The predicted octanol–water partition coefficient (Wildman–Crippen LogP) is 5.35. The van der Waals surface area contributed by atoms with E-state index in [1.165, 1.54) is 24.3 Å². The molecule has 2 aromatic rings. The predicted molar refractivity (Wildman–Crippen MR) is 121 cm³/mol. The van der Waals surface area contributed by atoms with Crippen LogP contribution in [0, 0.1) is 11.3 Å². The topological polar surface area (TPSA) is 97.7 Å². The largest absolute Gasteiger partial charge is 0.490 e. The second kappa shape index (κ2) is 12.1. The van der Waals surface area contributed by atoms with Crippen molar-refractivity contribution in [2.24, 2.45) is 0 Å². The Balaban J connectivity index is 2.30. The summed E-state index contributed by atoms with van der Waals surface area (Å²) < 4.78 is 54.9. The number of hydrogen-bond donors (Lipinski definition) is 1. The number of halogens is 4. The number of nitriles is 1. The van der Waals surface area contributed by atoms with E-state index in [1.54, 1.807) is 19.9 Å². The zero-order valence-electron chi connectivity index (χ0n) is 18.2. The van der Waals surface area contributed by atoms with Crippen molar-refractivity contribution in [1.82, 2.24) is 0 Å². The SMILES string of the molecule is CCOC(=O)COc1c(Br)cc(/C=C(/C#N)C(=O)Nc2cccc(C(F)(F)F)c2)cc1OCC. The van der Waals surface area contributed by atoms with E-state index in [9.17, 15) is 28.0 Å². The highest BCUT2D eigenvalue weighted by Crippen LogP contribution is 2.37. The molecule has 0 aliphatic carbocycles. The first-order chi connectivity index (χ1) is 16.1. The van der Waals surface area contributed by atoms with Crippen LogP contribution in [-0.2, 0) is 20.5 Å². The standard InChI is InChI=1S/C23H20BrF3N2O5/c1-3-32-19-10-14(9-18(24)21(19)34-13-20(30)33-4-2)8-15(12-28)22(31)29-17-7-5-6-16(11-17)23(25,26)27/h5-11H,3-4,13H2,1-2H3,(H,29,31)/b15-8-. The van der Waals surface area contributed by atoms with Gasteiger partial charge in [-0.3, -0.25) is 4.79 Å². The Labute approximate surface area is 202 Å². The van der Waals surface area contributed by atoms with Gasteiger partial charge >= 0.3 is 12.1 Å². The Morgan fingerprint density at radius 1 is 1.15 bits per heavy atom. The highest BCUT2D eigenvalue weighted by atomic mass is 79.9. The molecule has 2 aromatic carbocycles. The van der Waals surface area contributed by atoms with E-state index < -0.39 is 23.6 Å². The first kappa shape index (κ1) is 26.7. The summed E-state index contributed by atoms with van der Waals surface area (Å²) in [5.74, 6) is -1.00. The van der Waals surface area contributed by atoms with Crippen LogP contribution in [0.5, 0.6) is 11.5 Å². The van der Waals surface area contributed by atoms with Crippen LogP contribution in [0.3, 0.4) is 0 Å². The second-order valence-electron chi connectivity index (χ2n) is 6.56. The quantitative estimate of drug-likeness (QED) is 0.261. The molecule has 0 bridgehead atoms. The van der Waals surface area contributed by atoms with Gasteiger partial charge in [0.2, 0.25) is 0 Å². The fourth-order valence-electron chi connectivity index (χ4n) is 2.69. The summed E-state index contributed by atoms with van der Waals surface area (Å²) >= 11 is 3.31. The van der Waals surface area contributed by atoms with Crippen molar-refractivity contribution in [3.63, 3.8) is 0 Å². The third kappa shape index (κ3) is 7.52. The summed E-state index contributed by atoms with van der Waals surface area (Å²) in [6.07, 6.45) is -3.33. The summed E-state index contributed by atoms with van der Waals surface area (Å²) in [4.78, 5) is 24.1. The van der Waals surface area contributed by atoms with E-state index in [1.807, 2.05) is 0 Å². The molecule has 11 heteroatoms. The number of alkyl halides is 3. The summed E-state index contributed by atoms with van der Waals surface area (Å²) in [6, 6.07) is 8.82. The zero-order chi connectivity index (χ0) is 25.3. The monoisotopic (exact) mass is 540 g/mol. The van der Waals surface area contributed by atoms with Crippen LogP contribution in [0.1, 0.15) is 25.0 Å². The lowest BCUT2D eigenvalue weighted by Crippen LogP contribution is -2.15. The van der Waals surface area contributed by atoms with E-state index >= 15 is 0 Å². The molecule has 1 amide bonds. The van der Waals surface area contributed by atoms with E-state index in [4.69, 9.17) is 14.2 Å². The van der Waals surface area contributed by atoms with Crippen LogP contribution in [0.2, 0.25) is 0 Å². The van der Waals surface area contributed by atoms with Crippen molar-refractivity contribution in [2.45, 2.75) is 20.0 Å². The molecule has 0 saturated carbocycles. The lowest BCUT2D eigenvalue weighted by atomic mass is 10.1. The number of carbonyl (C=O) groups is 2. The average Bonchev–Trinajstić information content (AvgIpc) is 2.77. The molecule has 0 heterocycles. The molecule has 0 unspecified atom stereocenters. The van der Waals surface area contributed by atoms with Gasteiger partial charge in [-0.1, -0.05) is 6.07 Å². The highest BCUT2D eigenvalue weighted by Gasteiger charge is 2.30. The van der Waals surface area contributed by atoms with Crippen molar-refractivity contribution in [1.29, 1.82) is 5.26 Å². The van der Waals surface area contributed by atoms with E-state index in [-0.39, 0.29) is 42.6 Å². The fourth-order valence-corrected chi connectivity index (χ4v) is 3.27. The molecule has 0 spiro atoms.